The van der Waals surface area contributed by atoms with Gasteiger partial charge in [-0.2, -0.15) is 0 Å². The second-order valence-corrected chi connectivity index (χ2v) is 4.13. The van der Waals surface area contributed by atoms with Crippen molar-refractivity contribution in [1.82, 2.24) is 9.55 Å². The Bertz CT molecular complexity index is 659. The van der Waals surface area contributed by atoms with Crippen molar-refractivity contribution in [2.45, 2.75) is 6.54 Å². The van der Waals surface area contributed by atoms with Crippen LogP contribution in [-0.2, 0) is 16.1 Å². The summed E-state index contributed by atoms with van der Waals surface area (Å²) in [6, 6.07) is 5.33. The molecule has 0 aromatic carbocycles. The predicted molar refractivity (Wildman–Crippen MR) is 71.0 cm³/mol. The molecule has 2 rings (SSSR count). The number of hydrogen-bond donors (Lipinski definition) is 2. The lowest BCUT2D eigenvalue weighted by molar-refractivity contribution is -0.146. The van der Waals surface area contributed by atoms with Crippen molar-refractivity contribution in [3.05, 3.63) is 60.2 Å². The van der Waals surface area contributed by atoms with Crippen LogP contribution in [0.4, 0.5) is 0 Å². The number of carbonyl (C=O) groups excluding carboxylic acids is 1. The molecule has 0 saturated heterocycles. The van der Waals surface area contributed by atoms with Crippen molar-refractivity contribution in [2.24, 2.45) is 0 Å². The summed E-state index contributed by atoms with van der Waals surface area (Å²) < 4.78 is 1.81. The van der Waals surface area contributed by atoms with Gasteiger partial charge in [0.15, 0.2) is 0 Å². The Labute approximate surface area is 114 Å². The van der Waals surface area contributed by atoms with E-state index in [2.05, 4.69) is 4.98 Å². The molecular formula is C14H12N2O4. The van der Waals surface area contributed by atoms with Gasteiger partial charge in [0.05, 0.1) is 0 Å². The SMILES string of the molecule is O=C(O)C(=O)C=C(O)c1ccn(Cc2ccncc2)c1. The summed E-state index contributed by atoms with van der Waals surface area (Å²) in [6.45, 7) is 0.586. The quantitative estimate of drug-likeness (QED) is 0.488. The molecule has 20 heavy (non-hydrogen) atoms. The van der Waals surface area contributed by atoms with Gasteiger partial charge in [0, 0.05) is 43.0 Å². The van der Waals surface area contributed by atoms with Crippen LogP contribution >= 0.6 is 0 Å². The van der Waals surface area contributed by atoms with Crippen LogP contribution in [-0.4, -0.2) is 31.5 Å². The molecule has 0 aliphatic rings. The molecule has 2 aromatic heterocycles. The first-order valence-electron chi connectivity index (χ1n) is 5.79. The average Bonchev–Trinajstić information content (AvgIpc) is 2.88. The summed E-state index contributed by atoms with van der Waals surface area (Å²) in [5.74, 6) is -3.14. The fourth-order valence-electron chi connectivity index (χ4n) is 1.66. The van der Waals surface area contributed by atoms with E-state index in [0.29, 0.717) is 18.2 Å². The third-order valence-electron chi connectivity index (χ3n) is 2.64. The molecule has 2 N–H and O–H groups in total. The second kappa shape index (κ2) is 5.83. The Kier molecular flexibility index (Phi) is 3.95. The van der Waals surface area contributed by atoms with Crippen LogP contribution in [0.1, 0.15) is 11.1 Å². The van der Waals surface area contributed by atoms with Gasteiger partial charge in [-0.3, -0.25) is 9.78 Å². The number of rotatable bonds is 5. The Morgan fingerprint density at radius 3 is 2.55 bits per heavy atom. The Morgan fingerprint density at radius 2 is 1.90 bits per heavy atom. The van der Waals surface area contributed by atoms with Gasteiger partial charge in [0.2, 0.25) is 0 Å². The summed E-state index contributed by atoms with van der Waals surface area (Å²) in [7, 11) is 0. The number of hydrogen-bond acceptors (Lipinski definition) is 4. The van der Waals surface area contributed by atoms with Crippen LogP contribution in [0.25, 0.3) is 5.76 Å². The van der Waals surface area contributed by atoms with Crippen LogP contribution in [0.15, 0.2) is 49.1 Å². The highest BCUT2D eigenvalue weighted by Gasteiger charge is 2.11. The summed E-state index contributed by atoms with van der Waals surface area (Å²) in [5, 5.41) is 18.1. The Hall–Kier alpha value is -2.89. The highest BCUT2D eigenvalue weighted by Crippen LogP contribution is 2.13. The molecule has 102 valence electrons. The van der Waals surface area contributed by atoms with E-state index in [0.717, 1.165) is 5.56 Å². The van der Waals surface area contributed by atoms with E-state index < -0.39 is 11.8 Å². The molecule has 0 fully saturated rings. The second-order valence-electron chi connectivity index (χ2n) is 4.13. The zero-order chi connectivity index (χ0) is 14.5. The van der Waals surface area contributed by atoms with Crippen molar-refractivity contribution in [2.75, 3.05) is 0 Å². The van der Waals surface area contributed by atoms with Crippen LogP contribution in [0, 0.1) is 0 Å². The summed E-state index contributed by atoms with van der Waals surface area (Å²) in [5.41, 5.74) is 1.42. The highest BCUT2D eigenvalue weighted by atomic mass is 16.4. The van der Waals surface area contributed by atoms with Crippen molar-refractivity contribution in [3.63, 3.8) is 0 Å². The van der Waals surface area contributed by atoms with Gasteiger partial charge >= 0.3 is 5.97 Å². The molecule has 6 nitrogen and oxygen atoms in total. The van der Waals surface area contributed by atoms with Crippen LogP contribution < -0.4 is 0 Å². The molecule has 0 saturated carbocycles. The van der Waals surface area contributed by atoms with Crippen LogP contribution in [0.5, 0.6) is 0 Å². The molecule has 2 aromatic rings. The number of aliphatic carboxylic acids is 1. The summed E-state index contributed by atoms with van der Waals surface area (Å²) in [6.07, 6.45) is 7.41. The van der Waals surface area contributed by atoms with E-state index in [1.807, 2.05) is 12.1 Å². The van der Waals surface area contributed by atoms with E-state index in [1.165, 1.54) is 0 Å². The highest BCUT2D eigenvalue weighted by molar-refractivity contribution is 6.38. The number of ketones is 1. The van der Waals surface area contributed by atoms with Gasteiger partial charge in [0.25, 0.3) is 5.78 Å². The largest absolute Gasteiger partial charge is 0.507 e. The minimum absolute atomic E-state index is 0.370. The number of aromatic nitrogens is 2. The minimum atomic E-state index is -1.60. The van der Waals surface area contributed by atoms with Crippen molar-refractivity contribution >= 4 is 17.5 Å². The van der Waals surface area contributed by atoms with Gasteiger partial charge in [-0.25, -0.2) is 4.79 Å². The molecule has 0 unspecified atom stereocenters. The topological polar surface area (TPSA) is 92.4 Å². The monoisotopic (exact) mass is 272 g/mol. The van der Waals surface area contributed by atoms with Gasteiger partial charge in [-0.05, 0) is 23.8 Å². The Balaban J connectivity index is 2.13. The molecule has 0 aliphatic heterocycles. The van der Waals surface area contributed by atoms with Crippen LogP contribution in [0.2, 0.25) is 0 Å². The predicted octanol–water partition coefficient (Wildman–Crippen LogP) is 1.48. The molecule has 2 heterocycles. The Morgan fingerprint density at radius 1 is 1.20 bits per heavy atom. The fraction of sp³-hybridized carbons (Fsp3) is 0.0714. The summed E-state index contributed by atoms with van der Waals surface area (Å²) in [4.78, 5) is 25.3. The number of carboxylic acids is 1. The third-order valence-corrected chi connectivity index (χ3v) is 2.64. The molecule has 6 heteroatoms. The fourth-order valence-corrected chi connectivity index (χ4v) is 1.66. The lowest BCUT2D eigenvalue weighted by Crippen LogP contribution is -2.09. The molecule has 0 atom stereocenters. The van der Waals surface area contributed by atoms with Crippen molar-refractivity contribution in [1.29, 1.82) is 0 Å². The van der Waals surface area contributed by atoms with Gasteiger partial charge in [-0.1, -0.05) is 0 Å². The maximum Gasteiger partial charge on any atom is 0.376 e. The van der Waals surface area contributed by atoms with Crippen LogP contribution in [0.3, 0.4) is 0 Å². The number of carbonyl (C=O) groups is 2. The standard InChI is InChI=1S/C14H12N2O4/c17-12(7-13(18)14(19)20)11-3-6-16(9-11)8-10-1-4-15-5-2-10/h1-7,9,17H,8H2,(H,19,20). The van der Waals surface area contributed by atoms with E-state index in [9.17, 15) is 14.7 Å². The van der Waals surface area contributed by atoms with E-state index in [4.69, 9.17) is 5.11 Å². The van der Waals surface area contributed by atoms with E-state index in [-0.39, 0.29) is 5.76 Å². The normalized spacial score (nSPS) is 11.3. The van der Waals surface area contributed by atoms with E-state index >= 15 is 0 Å². The number of carboxylic acid groups (broad SMARTS) is 1. The van der Waals surface area contributed by atoms with Crippen molar-refractivity contribution < 1.29 is 19.8 Å². The molecule has 0 amide bonds. The molecule has 0 spiro atoms. The van der Waals surface area contributed by atoms with E-state index in [1.54, 1.807) is 35.4 Å². The molecule has 0 aliphatic carbocycles. The number of pyridine rings is 1. The first kappa shape index (κ1) is 13.5. The van der Waals surface area contributed by atoms with Gasteiger partial charge in [0.1, 0.15) is 5.76 Å². The average molecular weight is 272 g/mol. The maximum atomic E-state index is 11.0. The molecule has 0 bridgehead atoms. The first-order chi connectivity index (χ1) is 9.56. The maximum absolute atomic E-state index is 11.0. The zero-order valence-corrected chi connectivity index (χ0v) is 10.4. The first-order valence-corrected chi connectivity index (χ1v) is 5.79. The number of nitrogens with zero attached hydrogens (tertiary/aromatic N) is 2. The lowest BCUT2D eigenvalue weighted by Gasteiger charge is -2.02. The summed E-state index contributed by atoms with van der Waals surface area (Å²) >= 11 is 0. The molecule has 0 radical (unpaired) electrons. The smallest absolute Gasteiger partial charge is 0.376 e. The third kappa shape index (κ3) is 3.32. The molecular weight excluding hydrogens is 260 g/mol. The van der Waals surface area contributed by atoms with Gasteiger partial charge < -0.3 is 14.8 Å². The lowest BCUT2D eigenvalue weighted by atomic mass is 10.2. The number of aliphatic hydroxyl groups excluding tert-OH is 1. The zero-order valence-electron chi connectivity index (χ0n) is 10.4. The number of aliphatic hydroxyl groups is 1. The minimum Gasteiger partial charge on any atom is -0.507 e. The van der Waals surface area contributed by atoms with Crippen molar-refractivity contribution in [3.8, 4) is 0 Å². The van der Waals surface area contributed by atoms with Gasteiger partial charge in [-0.15, -0.1) is 0 Å².